The molecule has 4 aliphatic carbocycles. The Morgan fingerprint density at radius 1 is 1.04 bits per heavy atom. The zero-order chi connectivity index (χ0) is 35.7. The molecule has 1 aromatic carbocycles. The highest BCUT2D eigenvalue weighted by Gasteiger charge is 2.52. The average molecular weight is 717 g/mol. The molecule has 4 saturated carbocycles. The first kappa shape index (κ1) is 36.2. The van der Waals surface area contributed by atoms with Crippen molar-refractivity contribution in [2.75, 3.05) is 37.9 Å². The van der Waals surface area contributed by atoms with Gasteiger partial charge in [0.2, 0.25) is 0 Å². The molecular formula is C35H43F3N6O5S. The van der Waals surface area contributed by atoms with Gasteiger partial charge in [-0.25, -0.2) is 0 Å². The number of esters is 1. The maximum Gasteiger partial charge on any atom is 0.417 e. The normalized spacial score (nSPS) is 25.4. The maximum absolute atomic E-state index is 13.6. The highest BCUT2D eigenvalue weighted by molar-refractivity contribution is 7.80. The Hall–Kier alpha value is -3.61. The van der Waals surface area contributed by atoms with Crippen molar-refractivity contribution in [1.82, 2.24) is 19.9 Å². The minimum Gasteiger partial charge on any atom is -0.463 e. The smallest absolute Gasteiger partial charge is 0.417 e. The van der Waals surface area contributed by atoms with E-state index >= 15 is 0 Å². The topological polar surface area (TPSA) is 123 Å². The monoisotopic (exact) mass is 716 g/mol. The third-order valence-corrected chi connectivity index (χ3v) is 11.1. The largest absolute Gasteiger partial charge is 0.463 e. The van der Waals surface area contributed by atoms with E-state index in [2.05, 4.69) is 10.3 Å². The molecule has 0 radical (unpaired) electrons. The van der Waals surface area contributed by atoms with E-state index in [0.717, 1.165) is 34.8 Å². The van der Waals surface area contributed by atoms with E-state index < -0.39 is 28.7 Å². The van der Waals surface area contributed by atoms with Crippen molar-refractivity contribution in [3.05, 3.63) is 41.2 Å². The molecule has 50 heavy (non-hydrogen) atoms. The van der Waals surface area contributed by atoms with Crippen LogP contribution in [-0.4, -0.2) is 75.4 Å². The summed E-state index contributed by atoms with van der Waals surface area (Å²) in [4.78, 5) is 28.6. The van der Waals surface area contributed by atoms with Gasteiger partial charge in [0.15, 0.2) is 5.11 Å². The number of benzene rings is 1. The molecule has 1 amide bonds. The van der Waals surface area contributed by atoms with Crippen LogP contribution >= 0.6 is 12.2 Å². The number of hydrogen-bond acceptors (Lipinski definition) is 9. The van der Waals surface area contributed by atoms with Crippen molar-refractivity contribution in [1.29, 1.82) is 5.26 Å². The minimum atomic E-state index is -4.76. The lowest BCUT2D eigenvalue weighted by molar-refractivity contribution is -0.153. The molecule has 15 heteroatoms. The molecule has 2 heterocycles. The summed E-state index contributed by atoms with van der Waals surface area (Å²) < 4.78 is 59.1. The van der Waals surface area contributed by atoms with Crippen LogP contribution in [0.4, 0.5) is 18.9 Å². The minimum absolute atomic E-state index is 0.0425. The fourth-order valence-corrected chi connectivity index (χ4v) is 9.33. The number of carbonyl (C=O) groups is 2. The van der Waals surface area contributed by atoms with Crippen molar-refractivity contribution in [2.24, 2.45) is 23.2 Å². The number of nitriles is 1. The Morgan fingerprint density at radius 2 is 1.70 bits per heavy atom. The van der Waals surface area contributed by atoms with Crippen molar-refractivity contribution < 1.29 is 37.0 Å². The number of anilines is 1. The second kappa shape index (κ2) is 14.6. The van der Waals surface area contributed by atoms with Gasteiger partial charge in [0.05, 0.1) is 61.9 Å². The molecule has 0 spiro atoms. The number of halogens is 3. The quantitative estimate of drug-likeness (QED) is 0.130. The SMILES string of the molecule is CC1(C)C(=O)N(c2ccc(C#N)c(C(F)(F)F)c2)C(=S)N1CCCn1cc(COCCOCCOC(=O)CC23CC4CC(CC(C4)C2)C3)nn1. The van der Waals surface area contributed by atoms with Crippen molar-refractivity contribution in [3.8, 4) is 6.07 Å². The van der Waals surface area contributed by atoms with Gasteiger partial charge in [0, 0.05) is 13.1 Å². The second-order valence-corrected chi connectivity index (χ2v) is 15.1. The molecule has 11 nitrogen and oxygen atoms in total. The molecule has 1 aliphatic heterocycles. The number of ether oxygens (including phenoxy) is 3. The Labute approximate surface area is 295 Å². The van der Waals surface area contributed by atoms with E-state index in [0.29, 0.717) is 51.4 Å². The van der Waals surface area contributed by atoms with Gasteiger partial charge in [-0.2, -0.15) is 18.4 Å². The molecule has 0 unspecified atom stereocenters. The summed E-state index contributed by atoms with van der Waals surface area (Å²) in [5, 5.41) is 17.5. The fraction of sp³-hybridized carbons (Fsp3) is 0.657. The van der Waals surface area contributed by atoms with Gasteiger partial charge >= 0.3 is 12.1 Å². The number of thiocarbonyl (C=S) groups is 1. The van der Waals surface area contributed by atoms with E-state index in [9.17, 15) is 22.8 Å². The lowest BCUT2D eigenvalue weighted by Crippen LogP contribution is -2.47. The summed E-state index contributed by atoms with van der Waals surface area (Å²) in [6.07, 6.45) is 5.67. The van der Waals surface area contributed by atoms with E-state index in [1.807, 2.05) is 0 Å². The van der Waals surface area contributed by atoms with Crippen LogP contribution in [0.5, 0.6) is 0 Å². The number of nitrogens with zero attached hydrogens (tertiary/aromatic N) is 6. The average Bonchev–Trinajstić information content (AvgIpc) is 3.56. The highest BCUT2D eigenvalue weighted by Crippen LogP contribution is 2.61. The van der Waals surface area contributed by atoms with Gasteiger partial charge < -0.3 is 19.1 Å². The lowest BCUT2D eigenvalue weighted by Gasteiger charge is -2.56. The predicted molar refractivity (Wildman–Crippen MR) is 178 cm³/mol. The van der Waals surface area contributed by atoms with E-state index in [1.165, 1.54) is 44.6 Å². The van der Waals surface area contributed by atoms with Gasteiger partial charge in [-0.05, 0) is 112 Å². The first-order valence-electron chi connectivity index (χ1n) is 17.3. The number of aryl methyl sites for hydroxylation is 1. The number of aromatic nitrogens is 3. The highest BCUT2D eigenvalue weighted by atomic mass is 32.1. The fourth-order valence-electron chi connectivity index (χ4n) is 8.82. The predicted octanol–water partition coefficient (Wildman–Crippen LogP) is 5.65. The summed E-state index contributed by atoms with van der Waals surface area (Å²) >= 11 is 5.56. The van der Waals surface area contributed by atoms with Crippen LogP contribution in [0.1, 0.15) is 82.0 Å². The number of amides is 1. The van der Waals surface area contributed by atoms with Gasteiger partial charge in [-0.3, -0.25) is 19.2 Å². The molecule has 1 saturated heterocycles. The van der Waals surface area contributed by atoms with Gasteiger partial charge in [0.1, 0.15) is 17.8 Å². The van der Waals surface area contributed by atoms with Crippen LogP contribution in [-0.2, 0) is 43.1 Å². The van der Waals surface area contributed by atoms with Gasteiger partial charge in [-0.15, -0.1) is 5.10 Å². The first-order chi connectivity index (χ1) is 23.8. The third kappa shape index (κ3) is 7.82. The molecule has 1 aromatic heterocycles. The molecule has 5 aliphatic rings. The van der Waals surface area contributed by atoms with Crippen LogP contribution in [0.25, 0.3) is 0 Å². The summed E-state index contributed by atoms with van der Waals surface area (Å²) in [7, 11) is 0. The number of alkyl halides is 3. The standard InChI is InChI=1S/C35H43F3N6O5S/c1-33(2)31(46)44(28-5-4-26(20-39)29(15-28)35(36,37)38)32(50)43(33)7-3-6-42-21-27(40-41-42)22-48-9-8-47-10-11-49-30(45)19-34-16-23-12-24(17-34)14-25(13-23)18-34/h4-5,15,21,23-25H,3,6-14,16-19,22H2,1-2H3. The first-order valence-corrected chi connectivity index (χ1v) is 17.7. The maximum atomic E-state index is 13.6. The van der Waals surface area contributed by atoms with Crippen LogP contribution in [0.3, 0.4) is 0 Å². The van der Waals surface area contributed by atoms with E-state index in [1.54, 1.807) is 35.7 Å². The Morgan fingerprint density at radius 3 is 2.36 bits per heavy atom. The Kier molecular flexibility index (Phi) is 10.5. The number of hydrogen-bond donors (Lipinski definition) is 0. The molecule has 0 N–H and O–H groups in total. The van der Waals surface area contributed by atoms with Crippen LogP contribution in [0, 0.1) is 34.5 Å². The number of rotatable bonds is 15. The molecule has 2 aromatic rings. The molecule has 0 atom stereocenters. The van der Waals surface area contributed by atoms with Crippen LogP contribution in [0.2, 0.25) is 0 Å². The molecule has 7 rings (SSSR count). The lowest BCUT2D eigenvalue weighted by atomic mass is 9.49. The van der Waals surface area contributed by atoms with Crippen LogP contribution in [0.15, 0.2) is 24.4 Å². The van der Waals surface area contributed by atoms with Crippen LogP contribution < -0.4 is 4.90 Å². The molecule has 4 bridgehead atoms. The van der Waals surface area contributed by atoms with E-state index in [4.69, 9.17) is 31.7 Å². The third-order valence-electron chi connectivity index (χ3n) is 10.7. The van der Waals surface area contributed by atoms with E-state index in [-0.39, 0.29) is 35.4 Å². The van der Waals surface area contributed by atoms with Crippen molar-refractivity contribution >= 4 is 34.9 Å². The second-order valence-electron chi connectivity index (χ2n) is 14.8. The summed E-state index contributed by atoms with van der Waals surface area (Å²) in [6, 6.07) is 4.68. The van der Waals surface area contributed by atoms with Crippen molar-refractivity contribution in [3.63, 3.8) is 0 Å². The van der Waals surface area contributed by atoms with Gasteiger partial charge in [-0.1, -0.05) is 5.21 Å². The van der Waals surface area contributed by atoms with Crippen molar-refractivity contribution in [2.45, 2.75) is 90.1 Å². The summed E-state index contributed by atoms with van der Waals surface area (Å²) in [5.74, 6) is 1.86. The zero-order valence-electron chi connectivity index (χ0n) is 28.4. The molecule has 5 fully saturated rings. The summed E-state index contributed by atoms with van der Waals surface area (Å²) in [6.45, 7) is 5.61. The number of carbonyl (C=O) groups excluding carboxylic acids is 2. The Balaban J connectivity index is 0.873. The Bertz CT molecular complexity index is 1600. The summed E-state index contributed by atoms with van der Waals surface area (Å²) in [5.41, 5.74) is -1.99. The molecular weight excluding hydrogens is 673 g/mol. The zero-order valence-corrected chi connectivity index (χ0v) is 29.2. The molecule has 270 valence electrons. The van der Waals surface area contributed by atoms with Gasteiger partial charge in [0.25, 0.3) is 5.91 Å².